The Labute approximate surface area is 315 Å². The number of fused-ring (bicyclic) bond motifs is 4. The van der Waals surface area contributed by atoms with Crippen molar-refractivity contribution in [3.63, 3.8) is 0 Å². The van der Waals surface area contributed by atoms with Gasteiger partial charge in [0.15, 0.2) is 0 Å². The van der Waals surface area contributed by atoms with E-state index in [9.17, 15) is 22.6 Å². The molecular formula is C40H49ClF2N4O5S. The van der Waals surface area contributed by atoms with Crippen LogP contribution in [0.1, 0.15) is 86.2 Å². The first-order valence-electron chi connectivity index (χ1n) is 19.0. The highest BCUT2D eigenvalue weighted by Crippen LogP contribution is 2.62. The van der Waals surface area contributed by atoms with Crippen LogP contribution >= 0.6 is 11.6 Å². The van der Waals surface area contributed by atoms with E-state index in [1.165, 1.54) is 11.1 Å². The minimum atomic E-state index is -3.59. The van der Waals surface area contributed by atoms with E-state index in [1.807, 2.05) is 19.1 Å². The van der Waals surface area contributed by atoms with Crippen LogP contribution in [-0.2, 0) is 26.5 Å². The largest absolute Gasteiger partial charge is 0.490 e. The molecule has 53 heavy (non-hydrogen) atoms. The van der Waals surface area contributed by atoms with Gasteiger partial charge in [-0.1, -0.05) is 36.7 Å². The lowest BCUT2D eigenvalue weighted by Crippen LogP contribution is -2.61. The fraction of sp³-hybridized carbons (Fsp3) is 0.600. The molecule has 6 aliphatic rings. The lowest BCUT2D eigenvalue weighted by molar-refractivity contribution is -0.197. The van der Waals surface area contributed by atoms with Gasteiger partial charge in [0.2, 0.25) is 5.92 Å². The second kappa shape index (κ2) is 13.8. The van der Waals surface area contributed by atoms with Crippen LogP contribution < -0.4 is 19.7 Å². The minimum Gasteiger partial charge on any atom is -0.490 e. The second-order valence-corrected chi connectivity index (χ2v) is 19.3. The van der Waals surface area contributed by atoms with Gasteiger partial charge in [0.25, 0.3) is 5.91 Å². The maximum Gasteiger partial charge on any atom is 0.327 e. The summed E-state index contributed by atoms with van der Waals surface area (Å²) >= 11 is 6.45. The average Bonchev–Trinajstić information content (AvgIpc) is 3.20. The highest BCUT2D eigenvalue weighted by molar-refractivity contribution is 7.92. The molecule has 2 aromatic carbocycles. The number of amides is 3. The molecule has 2 spiro atoms. The number of benzene rings is 2. The number of rotatable bonds is 3. The van der Waals surface area contributed by atoms with Crippen molar-refractivity contribution >= 4 is 39.1 Å². The van der Waals surface area contributed by atoms with Crippen LogP contribution in [0.4, 0.5) is 19.3 Å². The van der Waals surface area contributed by atoms with Crippen LogP contribution in [0, 0.1) is 23.2 Å². The van der Waals surface area contributed by atoms with Crippen LogP contribution in [0.5, 0.6) is 5.75 Å². The number of urea groups is 1. The zero-order valence-corrected chi connectivity index (χ0v) is 32.0. The number of hydrogen-bond acceptors (Lipinski definition) is 6. The van der Waals surface area contributed by atoms with Crippen LogP contribution in [-0.4, -0.2) is 66.8 Å². The third-order valence-corrected chi connectivity index (χ3v) is 14.9. The van der Waals surface area contributed by atoms with Crippen molar-refractivity contribution in [1.82, 2.24) is 10.0 Å². The summed E-state index contributed by atoms with van der Waals surface area (Å²) in [6, 6.07) is 10.4. The molecular weight excluding hydrogens is 722 g/mol. The molecule has 3 fully saturated rings. The molecule has 286 valence electrons. The molecule has 0 saturated heterocycles. The summed E-state index contributed by atoms with van der Waals surface area (Å²) in [6.45, 7) is 3.84. The molecule has 2 heterocycles. The van der Waals surface area contributed by atoms with Gasteiger partial charge in [-0.15, -0.1) is 4.36 Å². The molecule has 0 aromatic heterocycles. The van der Waals surface area contributed by atoms with E-state index in [1.54, 1.807) is 25.3 Å². The molecule has 8 rings (SSSR count). The van der Waals surface area contributed by atoms with Crippen LogP contribution in [0.15, 0.2) is 52.9 Å². The van der Waals surface area contributed by atoms with Gasteiger partial charge in [-0.25, -0.2) is 17.8 Å². The van der Waals surface area contributed by atoms with Crippen molar-refractivity contribution < 1.29 is 32.1 Å². The second-order valence-electron chi connectivity index (χ2n) is 16.9. The Kier molecular flexibility index (Phi) is 9.58. The van der Waals surface area contributed by atoms with Gasteiger partial charge in [0, 0.05) is 55.1 Å². The third kappa shape index (κ3) is 7.32. The molecule has 4 aliphatic carbocycles. The molecule has 2 bridgehead atoms. The number of halogens is 3. The monoisotopic (exact) mass is 770 g/mol. The molecule has 2 aliphatic heterocycles. The van der Waals surface area contributed by atoms with Crippen molar-refractivity contribution in [1.29, 1.82) is 0 Å². The summed E-state index contributed by atoms with van der Waals surface area (Å²) in [5.74, 6) is -2.22. The molecule has 0 radical (unpaired) electrons. The first kappa shape index (κ1) is 36.7. The fourth-order valence-electron chi connectivity index (χ4n) is 10.1. The number of allylic oxidation sites excluding steroid dienone is 1. The van der Waals surface area contributed by atoms with Crippen LogP contribution in [0.3, 0.4) is 0 Å². The standard InChI is InChI=1S/C40H49ClF2N4O5S/c1-25-5-3-7-34(51-2)31-11-8-28(31)19-47-23-39(14-4-6-26-15-29(41)10-12-32(26)39)24-52-35-13-9-27(16-33(35)47)36(48)45-53(50,20-25)46-37(49)44-30-17-38(18-30)21-40(42,43)22-38/h3,7,9-10,12-13,15-16,25,28,30-31,34H,4-6,8,11,14,17-24H2,1-2H3,(H2,44,45,46,48,49,50)/b7-3+/t25-,28-,31+,34-,39-,53-/m0/s1. The SMILES string of the molecule is CO[C@H]1/C=C/C[C@H](C)C[S@@](=O)(NC(=O)NC2CC3(C2)CC(F)(F)C3)=NC(=O)c2ccc3c(c2)N(C[C@@H]2CC[C@H]21)C[C@@]1(CCCc2cc(Cl)ccc21)CO3. The van der Waals surface area contributed by atoms with Gasteiger partial charge in [0.05, 0.1) is 24.2 Å². The summed E-state index contributed by atoms with van der Waals surface area (Å²) in [6.07, 6.45) is 10.2. The van der Waals surface area contributed by atoms with Crippen molar-refractivity contribution in [2.75, 3.05) is 37.5 Å². The quantitative estimate of drug-likeness (QED) is 0.308. The van der Waals surface area contributed by atoms with E-state index in [2.05, 4.69) is 37.5 Å². The molecule has 2 aromatic rings. The summed E-state index contributed by atoms with van der Waals surface area (Å²) in [5, 5.41) is 3.51. The van der Waals surface area contributed by atoms with Crippen molar-refractivity contribution in [3.05, 3.63) is 70.3 Å². The third-order valence-electron chi connectivity index (χ3n) is 12.7. The Balaban J connectivity index is 1.12. The smallest absolute Gasteiger partial charge is 0.327 e. The lowest BCUT2D eigenvalue weighted by Gasteiger charge is -2.57. The van der Waals surface area contributed by atoms with E-state index in [4.69, 9.17) is 21.1 Å². The summed E-state index contributed by atoms with van der Waals surface area (Å²) in [5.41, 5.74) is 2.83. The Morgan fingerprint density at radius 1 is 1.15 bits per heavy atom. The molecule has 13 heteroatoms. The van der Waals surface area contributed by atoms with E-state index >= 15 is 0 Å². The van der Waals surface area contributed by atoms with Gasteiger partial charge in [0.1, 0.15) is 15.7 Å². The van der Waals surface area contributed by atoms with Crippen molar-refractivity contribution in [2.24, 2.45) is 27.5 Å². The summed E-state index contributed by atoms with van der Waals surface area (Å²) in [4.78, 5) is 29.6. The van der Waals surface area contributed by atoms with E-state index in [0.29, 0.717) is 50.0 Å². The van der Waals surface area contributed by atoms with E-state index < -0.39 is 33.2 Å². The number of nitrogens with one attached hydrogen (secondary N) is 2. The highest BCUT2D eigenvalue weighted by atomic mass is 35.5. The van der Waals surface area contributed by atoms with Crippen molar-refractivity contribution in [2.45, 2.75) is 94.6 Å². The maximum atomic E-state index is 14.5. The first-order chi connectivity index (χ1) is 25.3. The molecule has 3 saturated carbocycles. The minimum absolute atomic E-state index is 0.0485. The number of hydrogen-bond donors (Lipinski definition) is 2. The van der Waals surface area contributed by atoms with Gasteiger partial charge in [-0.2, -0.15) is 0 Å². The van der Waals surface area contributed by atoms with E-state index in [0.717, 1.165) is 49.4 Å². The number of anilines is 1. The van der Waals surface area contributed by atoms with E-state index in [-0.39, 0.29) is 47.6 Å². The molecule has 2 N–H and O–H groups in total. The lowest BCUT2D eigenvalue weighted by atomic mass is 9.52. The predicted molar refractivity (Wildman–Crippen MR) is 201 cm³/mol. The number of carbonyl (C=O) groups excluding carboxylic acids is 2. The predicted octanol–water partition coefficient (Wildman–Crippen LogP) is 7.85. The zero-order chi connectivity index (χ0) is 37.2. The summed E-state index contributed by atoms with van der Waals surface area (Å²) < 4.78 is 61.0. The number of ether oxygens (including phenoxy) is 2. The van der Waals surface area contributed by atoms with Crippen LogP contribution in [0.2, 0.25) is 5.02 Å². The molecule has 0 unspecified atom stereocenters. The Morgan fingerprint density at radius 3 is 2.70 bits per heavy atom. The van der Waals surface area contributed by atoms with Gasteiger partial charge in [-0.3, -0.25) is 9.52 Å². The molecule has 9 nitrogen and oxygen atoms in total. The Bertz CT molecular complexity index is 1930. The first-order valence-corrected chi connectivity index (χ1v) is 21.1. The highest BCUT2D eigenvalue weighted by Gasteiger charge is 2.62. The van der Waals surface area contributed by atoms with Gasteiger partial charge in [-0.05, 0) is 116 Å². The maximum absolute atomic E-state index is 14.5. The number of carbonyl (C=O) groups is 2. The summed E-state index contributed by atoms with van der Waals surface area (Å²) in [7, 11) is -1.85. The fourth-order valence-corrected chi connectivity index (χ4v) is 12.2. The Hall–Kier alpha value is -3.22. The molecule has 6 atom stereocenters. The number of alkyl halides is 2. The average molecular weight is 771 g/mol. The number of methoxy groups -OCH3 is 1. The van der Waals surface area contributed by atoms with Gasteiger partial charge < -0.3 is 19.7 Å². The van der Waals surface area contributed by atoms with Gasteiger partial charge >= 0.3 is 6.03 Å². The number of aryl methyl sites for hydroxylation is 1. The Morgan fingerprint density at radius 2 is 1.96 bits per heavy atom. The zero-order valence-electron chi connectivity index (χ0n) is 30.4. The molecule has 3 amide bonds. The topological polar surface area (TPSA) is 109 Å². The van der Waals surface area contributed by atoms with Crippen LogP contribution in [0.25, 0.3) is 0 Å². The van der Waals surface area contributed by atoms with Crippen molar-refractivity contribution in [3.8, 4) is 5.75 Å². The number of nitrogens with zero attached hydrogens (tertiary/aromatic N) is 2. The normalized spacial score (nSPS) is 33.8.